The van der Waals surface area contributed by atoms with E-state index in [9.17, 15) is 4.79 Å². The summed E-state index contributed by atoms with van der Waals surface area (Å²) >= 11 is 0. The highest BCUT2D eigenvalue weighted by molar-refractivity contribution is 5.79. The van der Waals surface area contributed by atoms with Gasteiger partial charge in [0.2, 0.25) is 0 Å². The molecule has 0 N–H and O–H groups in total. The van der Waals surface area contributed by atoms with Crippen LogP contribution in [0.1, 0.15) is 23.5 Å². The molecule has 0 aromatic heterocycles. The van der Waals surface area contributed by atoms with Gasteiger partial charge >= 0.3 is 6.09 Å². The van der Waals surface area contributed by atoms with Crippen LogP contribution in [-0.2, 0) is 4.74 Å². The number of benzene rings is 2. The molecule has 24 heavy (non-hydrogen) atoms. The topological polar surface area (TPSA) is 53.3 Å². The summed E-state index contributed by atoms with van der Waals surface area (Å²) in [5.41, 5.74) is 4.87. The van der Waals surface area contributed by atoms with Crippen LogP contribution in [0.5, 0.6) is 0 Å². The Morgan fingerprint density at radius 3 is 2.33 bits per heavy atom. The molecule has 1 heterocycles. The number of rotatable bonds is 2. The van der Waals surface area contributed by atoms with Gasteiger partial charge in [-0.1, -0.05) is 48.5 Å². The molecule has 2 aromatic carbocycles. The SMILES string of the molecule is N#C[C@@H]1CCN(C(=O)OCC2c3ccccc3-c3ccccc32)C1. The fraction of sp³-hybridized carbons (Fsp3) is 0.300. The van der Waals surface area contributed by atoms with E-state index in [0.29, 0.717) is 19.7 Å². The summed E-state index contributed by atoms with van der Waals surface area (Å²) in [6.45, 7) is 1.42. The van der Waals surface area contributed by atoms with Gasteiger partial charge in [-0.2, -0.15) is 5.26 Å². The van der Waals surface area contributed by atoms with Crippen molar-refractivity contribution >= 4 is 6.09 Å². The zero-order chi connectivity index (χ0) is 16.5. The van der Waals surface area contributed by atoms with E-state index in [-0.39, 0.29) is 17.9 Å². The second-order valence-corrected chi connectivity index (χ2v) is 6.36. The highest BCUT2D eigenvalue weighted by Gasteiger charge is 2.31. The minimum atomic E-state index is -0.311. The first kappa shape index (κ1) is 14.8. The van der Waals surface area contributed by atoms with E-state index >= 15 is 0 Å². The smallest absolute Gasteiger partial charge is 0.409 e. The second kappa shape index (κ2) is 6.01. The molecule has 0 radical (unpaired) electrons. The van der Waals surface area contributed by atoms with Crippen LogP contribution in [0.25, 0.3) is 11.1 Å². The average Bonchev–Trinajstić information content (AvgIpc) is 3.23. The third kappa shape index (κ3) is 2.43. The van der Waals surface area contributed by atoms with Crippen LogP contribution in [-0.4, -0.2) is 30.7 Å². The molecule has 0 saturated carbocycles. The summed E-state index contributed by atoms with van der Waals surface area (Å²) < 4.78 is 5.59. The number of amides is 1. The highest BCUT2D eigenvalue weighted by Crippen LogP contribution is 2.44. The Kier molecular flexibility index (Phi) is 3.70. The maximum Gasteiger partial charge on any atom is 0.409 e. The van der Waals surface area contributed by atoms with Crippen molar-refractivity contribution in [1.82, 2.24) is 4.90 Å². The minimum Gasteiger partial charge on any atom is -0.448 e. The Morgan fingerprint density at radius 2 is 1.75 bits per heavy atom. The summed E-state index contributed by atoms with van der Waals surface area (Å²) in [5.74, 6) is 0.0150. The number of nitrogens with zero attached hydrogens (tertiary/aromatic N) is 2. The Labute approximate surface area is 141 Å². The number of fused-ring (bicyclic) bond motifs is 3. The van der Waals surface area contributed by atoms with Gasteiger partial charge in [0, 0.05) is 19.0 Å². The fourth-order valence-electron chi connectivity index (χ4n) is 3.72. The average molecular weight is 318 g/mol. The molecule has 4 heteroatoms. The van der Waals surface area contributed by atoms with Gasteiger partial charge in [-0.3, -0.25) is 0 Å². The second-order valence-electron chi connectivity index (χ2n) is 6.36. The molecule has 1 aliphatic carbocycles. The molecule has 4 nitrogen and oxygen atoms in total. The Morgan fingerprint density at radius 1 is 1.12 bits per heavy atom. The number of nitriles is 1. The number of ether oxygens (including phenoxy) is 1. The molecule has 1 amide bonds. The molecule has 1 saturated heterocycles. The van der Waals surface area contributed by atoms with Crippen LogP contribution in [0, 0.1) is 17.2 Å². The highest BCUT2D eigenvalue weighted by atomic mass is 16.6. The lowest BCUT2D eigenvalue weighted by Gasteiger charge is -2.18. The van der Waals surface area contributed by atoms with Crippen molar-refractivity contribution < 1.29 is 9.53 Å². The summed E-state index contributed by atoms with van der Waals surface area (Å²) in [6.07, 6.45) is 0.426. The van der Waals surface area contributed by atoms with Gasteiger partial charge in [-0.05, 0) is 28.7 Å². The lowest BCUT2D eigenvalue weighted by molar-refractivity contribution is 0.107. The summed E-state index contributed by atoms with van der Waals surface area (Å²) in [4.78, 5) is 13.9. The summed E-state index contributed by atoms with van der Waals surface area (Å²) in [6, 6.07) is 18.8. The predicted molar refractivity (Wildman–Crippen MR) is 90.4 cm³/mol. The predicted octanol–water partition coefficient (Wildman–Crippen LogP) is 3.78. The first-order chi connectivity index (χ1) is 11.8. The summed E-state index contributed by atoms with van der Waals surface area (Å²) in [5, 5.41) is 8.96. The third-order valence-corrected chi connectivity index (χ3v) is 4.97. The normalized spacial score (nSPS) is 18.8. The van der Waals surface area contributed by atoms with Crippen LogP contribution in [0.15, 0.2) is 48.5 Å². The fourth-order valence-corrected chi connectivity index (χ4v) is 3.72. The van der Waals surface area contributed by atoms with Crippen LogP contribution in [0.3, 0.4) is 0 Å². The van der Waals surface area contributed by atoms with Crippen molar-refractivity contribution in [1.29, 1.82) is 5.26 Å². The largest absolute Gasteiger partial charge is 0.448 e. The van der Waals surface area contributed by atoms with E-state index in [4.69, 9.17) is 10.00 Å². The van der Waals surface area contributed by atoms with Crippen LogP contribution >= 0.6 is 0 Å². The number of likely N-dealkylation sites (tertiary alicyclic amines) is 1. The van der Waals surface area contributed by atoms with Gasteiger partial charge < -0.3 is 9.64 Å². The molecule has 2 aromatic rings. The van der Waals surface area contributed by atoms with Crippen molar-refractivity contribution in [3.05, 3.63) is 59.7 Å². The van der Waals surface area contributed by atoms with Crippen molar-refractivity contribution in [2.45, 2.75) is 12.3 Å². The molecule has 2 aliphatic rings. The lowest BCUT2D eigenvalue weighted by Crippen LogP contribution is -2.30. The van der Waals surface area contributed by atoms with Crippen molar-refractivity contribution in [2.75, 3.05) is 19.7 Å². The molecule has 0 unspecified atom stereocenters. The van der Waals surface area contributed by atoms with Crippen LogP contribution < -0.4 is 0 Å². The van der Waals surface area contributed by atoms with E-state index in [1.807, 2.05) is 24.3 Å². The zero-order valence-electron chi connectivity index (χ0n) is 13.3. The molecule has 120 valence electrons. The van der Waals surface area contributed by atoms with E-state index < -0.39 is 0 Å². The summed E-state index contributed by atoms with van der Waals surface area (Å²) in [7, 11) is 0. The standard InChI is InChI=1S/C20H18N2O2/c21-11-14-9-10-22(12-14)20(23)24-13-19-17-7-3-1-5-15(17)16-6-2-4-8-18(16)19/h1-8,14,19H,9-10,12-13H2/t14-/m0/s1. The van der Waals surface area contributed by atoms with E-state index in [2.05, 4.69) is 30.3 Å². The quantitative estimate of drug-likeness (QED) is 0.846. The van der Waals surface area contributed by atoms with E-state index in [1.165, 1.54) is 22.3 Å². The molecule has 0 spiro atoms. The molecule has 1 atom stereocenters. The maximum atomic E-state index is 12.3. The molecule has 1 aliphatic heterocycles. The minimum absolute atomic E-state index is 0.0644. The van der Waals surface area contributed by atoms with Gasteiger partial charge in [0.25, 0.3) is 0 Å². The maximum absolute atomic E-state index is 12.3. The van der Waals surface area contributed by atoms with Crippen LogP contribution in [0.2, 0.25) is 0 Å². The van der Waals surface area contributed by atoms with Gasteiger partial charge in [0.1, 0.15) is 6.61 Å². The number of hydrogen-bond acceptors (Lipinski definition) is 3. The first-order valence-electron chi connectivity index (χ1n) is 8.27. The Hall–Kier alpha value is -2.80. The Bertz CT molecular complexity index is 779. The molecular formula is C20H18N2O2. The van der Waals surface area contributed by atoms with Crippen molar-refractivity contribution in [3.63, 3.8) is 0 Å². The zero-order valence-corrected chi connectivity index (χ0v) is 13.3. The van der Waals surface area contributed by atoms with Gasteiger partial charge in [0.15, 0.2) is 0 Å². The van der Waals surface area contributed by atoms with Gasteiger partial charge in [-0.15, -0.1) is 0 Å². The van der Waals surface area contributed by atoms with Gasteiger partial charge in [-0.25, -0.2) is 4.79 Å². The van der Waals surface area contributed by atoms with Crippen molar-refractivity contribution in [3.8, 4) is 17.2 Å². The monoisotopic (exact) mass is 318 g/mol. The molecule has 0 bridgehead atoms. The molecular weight excluding hydrogens is 300 g/mol. The number of carbonyl (C=O) groups excluding carboxylic acids is 1. The Balaban J connectivity index is 1.51. The first-order valence-corrected chi connectivity index (χ1v) is 8.27. The van der Waals surface area contributed by atoms with Gasteiger partial charge in [0.05, 0.1) is 12.0 Å². The lowest BCUT2D eigenvalue weighted by atomic mass is 9.98. The number of hydrogen-bond donors (Lipinski definition) is 0. The van der Waals surface area contributed by atoms with E-state index in [0.717, 1.165) is 6.42 Å². The van der Waals surface area contributed by atoms with E-state index in [1.54, 1.807) is 4.90 Å². The van der Waals surface area contributed by atoms with Crippen molar-refractivity contribution in [2.24, 2.45) is 5.92 Å². The number of carbonyl (C=O) groups is 1. The molecule has 4 rings (SSSR count). The molecule has 1 fully saturated rings. The third-order valence-electron chi connectivity index (χ3n) is 4.97. The van der Waals surface area contributed by atoms with Crippen LogP contribution in [0.4, 0.5) is 4.79 Å².